The number of aliphatic carboxylic acids is 1. The summed E-state index contributed by atoms with van der Waals surface area (Å²) in [6.45, 7) is 1.85. The molecule has 0 aliphatic rings. The third-order valence-electron chi connectivity index (χ3n) is 1.93. The van der Waals surface area contributed by atoms with Crippen molar-refractivity contribution in [3.63, 3.8) is 0 Å². The molecule has 0 heterocycles. The Morgan fingerprint density at radius 2 is 2.06 bits per heavy atom. The van der Waals surface area contributed by atoms with E-state index in [-0.39, 0.29) is 18.1 Å². The molecule has 4 N–H and O–H groups in total. The molecule has 2 amide bonds. The van der Waals surface area contributed by atoms with Crippen molar-refractivity contribution in [2.45, 2.75) is 32.2 Å². The lowest BCUT2D eigenvalue weighted by molar-refractivity contribution is -0.142. The van der Waals surface area contributed by atoms with Crippen LogP contribution in [0.4, 0.5) is 0 Å². The molecule has 7 heteroatoms. The molecular formula is C10H18N2O4S. The fourth-order valence-corrected chi connectivity index (χ4v) is 1.83. The van der Waals surface area contributed by atoms with E-state index < -0.39 is 17.9 Å². The highest BCUT2D eigenvalue weighted by molar-refractivity contribution is 7.99. The number of hydrogen-bond donors (Lipinski definition) is 3. The second-order valence-electron chi connectivity index (χ2n) is 3.52. The number of carboxylic acid groups (broad SMARTS) is 1. The highest BCUT2D eigenvalue weighted by Crippen LogP contribution is 2.03. The fourth-order valence-electron chi connectivity index (χ4n) is 1.15. The van der Waals surface area contributed by atoms with Crippen molar-refractivity contribution in [1.29, 1.82) is 0 Å². The summed E-state index contributed by atoms with van der Waals surface area (Å²) in [5.41, 5.74) is 4.93. The zero-order valence-electron chi connectivity index (χ0n) is 9.77. The number of carbonyl (C=O) groups is 3. The predicted octanol–water partition coefficient (Wildman–Crippen LogP) is -0.0355. The maximum absolute atomic E-state index is 11.4. The van der Waals surface area contributed by atoms with Gasteiger partial charge < -0.3 is 16.2 Å². The van der Waals surface area contributed by atoms with Gasteiger partial charge in [0.05, 0.1) is 5.75 Å². The lowest BCUT2D eigenvalue weighted by Gasteiger charge is -2.13. The zero-order valence-corrected chi connectivity index (χ0v) is 10.6. The molecule has 0 fully saturated rings. The van der Waals surface area contributed by atoms with Crippen molar-refractivity contribution in [2.24, 2.45) is 5.73 Å². The minimum absolute atomic E-state index is 0.171. The number of nitrogens with one attached hydrogen (secondary N) is 1. The number of rotatable bonds is 9. The third-order valence-corrected chi connectivity index (χ3v) is 2.91. The Balaban J connectivity index is 3.82. The molecule has 0 aromatic rings. The average Bonchev–Trinajstić information content (AvgIpc) is 2.23. The molecule has 0 aromatic heterocycles. The standard InChI is InChI=1S/C10H18N2O4S/c1-2-3-7(10(15)16)12-9(14)4-5-17-6-8(11)13/h7H,2-6H2,1H3,(H2,11,13)(H,12,14)(H,15,16)/t7-/m1/s1. The first-order chi connectivity index (χ1) is 7.97. The second-order valence-corrected chi connectivity index (χ2v) is 4.62. The van der Waals surface area contributed by atoms with Crippen LogP contribution in [-0.4, -0.2) is 40.4 Å². The summed E-state index contributed by atoms with van der Waals surface area (Å²) in [5, 5.41) is 11.3. The Bertz CT molecular complexity index is 283. The topological polar surface area (TPSA) is 109 Å². The van der Waals surface area contributed by atoms with Gasteiger partial charge >= 0.3 is 5.97 Å². The van der Waals surface area contributed by atoms with Gasteiger partial charge in [0.2, 0.25) is 11.8 Å². The Morgan fingerprint density at radius 1 is 1.41 bits per heavy atom. The number of carbonyl (C=O) groups excluding carboxylic acids is 2. The normalized spacial score (nSPS) is 11.8. The minimum Gasteiger partial charge on any atom is -0.480 e. The van der Waals surface area contributed by atoms with Crippen molar-refractivity contribution < 1.29 is 19.5 Å². The van der Waals surface area contributed by atoms with Crippen molar-refractivity contribution in [3.8, 4) is 0 Å². The molecule has 0 saturated heterocycles. The number of carboxylic acids is 1. The third kappa shape index (κ3) is 8.56. The molecular weight excluding hydrogens is 244 g/mol. The van der Waals surface area contributed by atoms with Gasteiger partial charge in [-0.05, 0) is 6.42 Å². The van der Waals surface area contributed by atoms with Crippen LogP contribution in [0.1, 0.15) is 26.2 Å². The molecule has 0 radical (unpaired) electrons. The van der Waals surface area contributed by atoms with E-state index in [9.17, 15) is 14.4 Å². The molecule has 0 saturated carbocycles. The summed E-state index contributed by atoms with van der Waals surface area (Å²) in [6, 6.07) is -0.825. The monoisotopic (exact) mass is 262 g/mol. The lowest BCUT2D eigenvalue weighted by Crippen LogP contribution is -2.40. The van der Waals surface area contributed by atoms with Gasteiger partial charge in [-0.2, -0.15) is 11.8 Å². The highest BCUT2D eigenvalue weighted by atomic mass is 32.2. The molecule has 0 rings (SSSR count). The number of thioether (sulfide) groups is 1. The van der Waals surface area contributed by atoms with Crippen LogP contribution in [0.3, 0.4) is 0 Å². The second kappa shape index (κ2) is 8.86. The summed E-state index contributed by atoms with van der Waals surface area (Å²) < 4.78 is 0. The van der Waals surface area contributed by atoms with Gasteiger partial charge in [0, 0.05) is 12.2 Å². The molecule has 0 aromatic carbocycles. The van der Waals surface area contributed by atoms with Gasteiger partial charge in [-0.15, -0.1) is 0 Å². The Kier molecular flexibility index (Phi) is 8.21. The smallest absolute Gasteiger partial charge is 0.326 e. The summed E-state index contributed by atoms with van der Waals surface area (Å²) in [7, 11) is 0. The van der Waals surface area contributed by atoms with Gasteiger partial charge in [-0.1, -0.05) is 13.3 Å². The Morgan fingerprint density at radius 3 is 2.53 bits per heavy atom. The van der Waals surface area contributed by atoms with E-state index in [2.05, 4.69) is 5.32 Å². The summed E-state index contributed by atoms with van der Waals surface area (Å²) in [5.74, 6) is -1.14. The molecule has 0 bridgehead atoms. The van der Waals surface area contributed by atoms with Crippen LogP contribution in [0.25, 0.3) is 0 Å². The fraction of sp³-hybridized carbons (Fsp3) is 0.700. The number of hydrogen-bond acceptors (Lipinski definition) is 4. The maximum Gasteiger partial charge on any atom is 0.326 e. The van der Waals surface area contributed by atoms with E-state index >= 15 is 0 Å². The van der Waals surface area contributed by atoms with Gasteiger partial charge in [0.1, 0.15) is 6.04 Å². The van der Waals surface area contributed by atoms with E-state index in [0.29, 0.717) is 18.6 Å². The van der Waals surface area contributed by atoms with Crippen LogP contribution >= 0.6 is 11.8 Å². The van der Waals surface area contributed by atoms with Gasteiger partial charge in [-0.25, -0.2) is 4.79 Å². The Hall–Kier alpha value is -1.24. The molecule has 98 valence electrons. The van der Waals surface area contributed by atoms with E-state index in [0.717, 1.165) is 0 Å². The minimum atomic E-state index is -1.02. The van der Waals surface area contributed by atoms with Gasteiger partial charge in [0.25, 0.3) is 0 Å². The summed E-state index contributed by atoms with van der Waals surface area (Å²) in [4.78, 5) is 32.6. The van der Waals surface area contributed by atoms with E-state index in [1.807, 2.05) is 6.92 Å². The molecule has 0 spiro atoms. The molecule has 6 nitrogen and oxygen atoms in total. The number of amides is 2. The largest absolute Gasteiger partial charge is 0.480 e. The lowest BCUT2D eigenvalue weighted by atomic mass is 10.1. The van der Waals surface area contributed by atoms with E-state index in [1.165, 1.54) is 11.8 Å². The predicted molar refractivity (Wildman–Crippen MR) is 65.6 cm³/mol. The highest BCUT2D eigenvalue weighted by Gasteiger charge is 2.18. The number of nitrogens with two attached hydrogens (primary N) is 1. The van der Waals surface area contributed by atoms with Crippen molar-refractivity contribution >= 4 is 29.5 Å². The first-order valence-corrected chi connectivity index (χ1v) is 6.51. The zero-order chi connectivity index (χ0) is 13.3. The van der Waals surface area contributed by atoms with Crippen LogP contribution in [-0.2, 0) is 14.4 Å². The van der Waals surface area contributed by atoms with Crippen molar-refractivity contribution in [1.82, 2.24) is 5.32 Å². The molecule has 1 atom stereocenters. The summed E-state index contributed by atoms with van der Waals surface area (Å²) in [6.07, 6.45) is 1.29. The SMILES string of the molecule is CCC[C@@H](NC(=O)CCSCC(N)=O)C(=O)O. The molecule has 0 aliphatic carbocycles. The van der Waals surface area contributed by atoms with Gasteiger partial charge in [-0.3, -0.25) is 9.59 Å². The van der Waals surface area contributed by atoms with Crippen LogP contribution in [0.2, 0.25) is 0 Å². The van der Waals surface area contributed by atoms with Crippen LogP contribution in [0, 0.1) is 0 Å². The van der Waals surface area contributed by atoms with E-state index in [1.54, 1.807) is 0 Å². The van der Waals surface area contributed by atoms with Crippen LogP contribution in [0.5, 0.6) is 0 Å². The number of primary amides is 1. The van der Waals surface area contributed by atoms with Crippen molar-refractivity contribution in [2.75, 3.05) is 11.5 Å². The average molecular weight is 262 g/mol. The molecule has 0 aliphatic heterocycles. The maximum atomic E-state index is 11.4. The first kappa shape index (κ1) is 15.8. The van der Waals surface area contributed by atoms with Crippen LogP contribution < -0.4 is 11.1 Å². The molecule has 0 unspecified atom stereocenters. The summed E-state index contributed by atoms with van der Waals surface area (Å²) >= 11 is 1.26. The molecule has 17 heavy (non-hydrogen) atoms. The Labute approximate surface area is 104 Å². The van der Waals surface area contributed by atoms with Crippen molar-refractivity contribution in [3.05, 3.63) is 0 Å². The van der Waals surface area contributed by atoms with Gasteiger partial charge in [0.15, 0.2) is 0 Å². The van der Waals surface area contributed by atoms with E-state index in [4.69, 9.17) is 10.8 Å². The quantitative estimate of drug-likeness (QED) is 0.505. The first-order valence-electron chi connectivity index (χ1n) is 5.35. The van der Waals surface area contributed by atoms with Crippen LogP contribution in [0.15, 0.2) is 0 Å².